The molecule has 3 aromatic rings. The fourth-order valence-corrected chi connectivity index (χ4v) is 2.76. The molecule has 3 rings (SSSR count). The average molecular weight is 351 g/mol. The number of fused-ring (bicyclic) bond motifs is 1. The highest BCUT2D eigenvalue weighted by atomic mass is 16.5. The zero-order chi connectivity index (χ0) is 18.4. The van der Waals surface area contributed by atoms with Crippen LogP contribution in [0.4, 0.5) is 5.69 Å². The maximum absolute atomic E-state index is 12.0. The van der Waals surface area contributed by atoms with E-state index in [1.165, 1.54) is 18.1 Å². The lowest BCUT2D eigenvalue weighted by atomic mass is 10.1. The summed E-state index contributed by atoms with van der Waals surface area (Å²) < 4.78 is 4.65. The largest absolute Gasteiger partial charge is 0.465 e. The molecule has 1 heterocycles. The number of rotatable bonds is 7. The third kappa shape index (κ3) is 4.22. The Balaban J connectivity index is 1.43. The number of benzene rings is 2. The van der Waals surface area contributed by atoms with E-state index in [1.807, 2.05) is 24.4 Å². The second kappa shape index (κ2) is 8.20. The number of aromatic amines is 1. The van der Waals surface area contributed by atoms with Gasteiger partial charge in [-0.2, -0.15) is 0 Å². The van der Waals surface area contributed by atoms with Gasteiger partial charge in [0, 0.05) is 29.3 Å². The first-order valence-electron chi connectivity index (χ1n) is 8.41. The number of amides is 1. The SMILES string of the molecule is COC(=O)c1ccc(NCC(=O)NCCc2c[nH]c3ccccc23)cc1. The van der Waals surface area contributed by atoms with Gasteiger partial charge in [0.2, 0.25) is 5.91 Å². The fraction of sp³-hybridized carbons (Fsp3) is 0.200. The minimum atomic E-state index is -0.383. The zero-order valence-electron chi connectivity index (χ0n) is 14.5. The summed E-state index contributed by atoms with van der Waals surface area (Å²) in [7, 11) is 1.34. The molecule has 0 fully saturated rings. The van der Waals surface area contributed by atoms with Gasteiger partial charge in [-0.15, -0.1) is 0 Å². The number of carbonyl (C=O) groups excluding carboxylic acids is 2. The van der Waals surface area contributed by atoms with Crippen molar-refractivity contribution in [1.29, 1.82) is 0 Å². The Morgan fingerprint density at radius 2 is 1.85 bits per heavy atom. The molecule has 0 aliphatic rings. The summed E-state index contributed by atoms with van der Waals surface area (Å²) in [5.74, 6) is -0.464. The molecule has 1 aromatic heterocycles. The molecule has 0 unspecified atom stereocenters. The van der Waals surface area contributed by atoms with Crippen LogP contribution in [0.5, 0.6) is 0 Å². The lowest BCUT2D eigenvalue weighted by molar-refractivity contribution is -0.119. The summed E-state index contributed by atoms with van der Waals surface area (Å²) in [6.07, 6.45) is 2.75. The maximum Gasteiger partial charge on any atom is 0.337 e. The molecule has 26 heavy (non-hydrogen) atoms. The fourth-order valence-electron chi connectivity index (χ4n) is 2.76. The molecule has 134 valence electrons. The van der Waals surface area contributed by atoms with Gasteiger partial charge >= 0.3 is 5.97 Å². The minimum Gasteiger partial charge on any atom is -0.465 e. The van der Waals surface area contributed by atoms with Crippen LogP contribution in [0.1, 0.15) is 15.9 Å². The normalized spacial score (nSPS) is 10.5. The van der Waals surface area contributed by atoms with E-state index in [2.05, 4.69) is 26.4 Å². The van der Waals surface area contributed by atoms with E-state index in [1.54, 1.807) is 24.3 Å². The molecule has 6 nitrogen and oxygen atoms in total. The zero-order valence-corrected chi connectivity index (χ0v) is 14.5. The minimum absolute atomic E-state index is 0.0816. The lowest BCUT2D eigenvalue weighted by Gasteiger charge is -2.08. The first-order chi connectivity index (χ1) is 12.7. The van der Waals surface area contributed by atoms with Crippen LogP contribution in [0.25, 0.3) is 10.9 Å². The van der Waals surface area contributed by atoms with E-state index in [0.717, 1.165) is 17.6 Å². The van der Waals surface area contributed by atoms with Gasteiger partial charge in [0.25, 0.3) is 0 Å². The van der Waals surface area contributed by atoms with Crippen molar-refractivity contribution in [2.45, 2.75) is 6.42 Å². The molecule has 0 saturated carbocycles. The molecule has 6 heteroatoms. The summed E-state index contributed by atoms with van der Waals surface area (Å²) in [5, 5.41) is 7.12. The topological polar surface area (TPSA) is 83.2 Å². The molecule has 2 aromatic carbocycles. The first kappa shape index (κ1) is 17.5. The Hall–Kier alpha value is -3.28. The second-order valence-electron chi connectivity index (χ2n) is 5.88. The van der Waals surface area contributed by atoms with Gasteiger partial charge in [-0.25, -0.2) is 4.79 Å². The molecule has 0 saturated heterocycles. The number of H-pyrrole nitrogens is 1. The first-order valence-corrected chi connectivity index (χ1v) is 8.41. The number of esters is 1. The summed E-state index contributed by atoms with van der Waals surface area (Å²) in [4.78, 5) is 26.6. The van der Waals surface area contributed by atoms with E-state index >= 15 is 0 Å². The number of para-hydroxylation sites is 1. The van der Waals surface area contributed by atoms with E-state index in [-0.39, 0.29) is 18.4 Å². The lowest BCUT2D eigenvalue weighted by Crippen LogP contribution is -2.31. The Labute approximate surface area is 151 Å². The van der Waals surface area contributed by atoms with Crippen molar-refractivity contribution < 1.29 is 14.3 Å². The summed E-state index contributed by atoms with van der Waals surface area (Å²) in [6.45, 7) is 0.745. The number of hydrogen-bond acceptors (Lipinski definition) is 4. The third-order valence-electron chi connectivity index (χ3n) is 4.15. The van der Waals surface area contributed by atoms with Crippen molar-refractivity contribution in [3.8, 4) is 0 Å². The van der Waals surface area contributed by atoms with Crippen LogP contribution in [0.2, 0.25) is 0 Å². The molecule has 0 radical (unpaired) electrons. The number of anilines is 1. The number of ether oxygens (including phenoxy) is 1. The van der Waals surface area contributed by atoms with Crippen molar-refractivity contribution in [2.24, 2.45) is 0 Å². The molecule has 0 aliphatic carbocycles. The van der Waals surface area contributed by atoms with E-state index in [4.69, 9.17) is 0 Å². The number of nitrogens with one attached hydrogen (secondary N) is 3. The smallest absolute Gasteiger partial charge is 0.337 e. The Morgan fingerprint density at radius 1 is 1.08 bits per heavy atom. The molecule has 0 bridgehead atoms. The Kier molecular flexibility index (Phi) is 5.53. The standard InChI is InChI=1S/C20H21N3O3/c1-26-20(25)14-6-8-16(9-7-14)22-13-19(24)21-11-10-15-12-23-18-5-3-2-4-17(15)18/h2-9,12,22-23H,10-11,13H2,1H3,(H,21,24). The van der Waals surface area contributed by atoms with Crippen molar-refractivity contribution >= 4 is 28.5 Å². The van der Waals surface area contributed by atoms with Gasteiger partial charge in [0.15, 0.2) is 0 Å². The number of aromatic nitrogens is 1. The Bertz CT molecular complexity index is 900. The van der Waals surface area contributed by atoms with Crippen molar-refractivity contribution in [1.82, 2.24) is 10.3 Å². The second-order valence-corrected chi connectivity index (χ2v) is 5.88. The highest BCUT2D eigenvalue weighted by Crippen LogP contribution is 2.17. The van der Waals surface area contributed by atoms with Gasteiger partial charge < -0.3 is 20.4 Å². The van der Waals surface area contributed by atoms with Crippen LogP contribution in [-0.4, -0.2) is 37.1 Å². The molecule has 0 aliphatic heterocycles. The maximum atomic E-state index is 12.0. The summed E-state index contributed by atoms with van der Waals surface area (Å²) in [6, 6.07) is 14.9. The van der Waals surface area contributed by atoms with Gasteiger partial charge in [0.1, 0.15) is 0 Å². The molecular formula is C20H21N3O3. The van der Waals surface area contributed by atoms with E-state index in [9.17, 15) is 9.59 Å². The van der Waals surface area contributed by atoms with Crippen molar-refractivity contribution in [3.63, 3.8) is 0 Å². The van der Waals surface area contributed by atoms with Crippen LogP contribution < -0.4 is 10.6 Å². The third-order valence-corrected chi connectivity index (χ3v) is 4.15. The average Bonchev–Trinajstić information content (AvgIpc) is 3.09. The molecule has 0 atom stereocenters. The van der Waals surface area contributed by atoms with Gasteiger partial charge in [-0.1, -0.05) is 18.2 Å². The number of hydrogen-bond donors (Lipinski definition) is 3. The van der Waals surface area contributed by atoms with Crippen LogP contribution in [0.3, 0.4) is 0 Å². The van der Waals surface area contributed by atoms with Gasteiger partial charge in [-0.05, 0) is 42.3 Å². The number of carbonyl (C=O) groups is 2. The van der Waals surface area contributed by atoms with Crippen LogP contribution >= 0.6 is 0 Å². The highest BCUT2D eigenvalue weighted by Gasteiger charge is 2.06. The van der Waals surface area contributed by atoms with Crippen LogP contribution in [0, 0.1) is 0 Å². The highest BCUT2D eigenvalue weighted by molar-refractivity contribution is 5.90. The van der Waals surface area contributed by atoms with E-state index in [0.29, 0.717) is 12.1 Å². The quantitative estimate of drug-likeness (QED) is 0.572. The predicted octanol–water partition coefficient (Wildman–Crippen LogP) is 2.73. The summed E-state index contributed by atoms with van der Waals surface area (Å²) in [5.41, 5.74) is 3.53. The molecular weight excluding hydrogens is 330 g/mol. The summed E-state index contributed by atoms with van der Waals surface area (Å²) >= 11 is 0. The van der Waals surface area contributed by atoms with Crippen LogP contribution in [0.15, 0.2) is 54.7 Å². The van der Waals surface area contributed by atoms with Crippen LogP contribution in [-0.2, 0) is 16.0 Å². The Morgan fingerprint density at radius 3 is 2.62 bits per heavy atom. The number of methoxy groups -OCH3 is 1. The molecule has 0 spiro atoms. The molecule has 3 N–H and O–H groups in total. The van der Waals surface area contributed by atoms with Gasteiger partial charge in [0.05, 0.1) is 19.2 Å². The van der Waals surface area contributed by atoms with Crippen molar-refractivity contribution in [2.75, 3.05) is 25.5 Å². The predicted molar refractivity (Wildman–Crippen MR) is 101 cm³/mol. The monoisotopic (exact) mass is 351 g/mol. The van der Waals surface area contributed by atoms with Crippen molar-refractivity contribution in [3.05, 3.63) is 65.9 Å². The van der Waals surface area contributed by atoms with E-state index < -0.39 is 0 Å². The van der Waals surface area contributed by atoms with Gasteiger partial charge in [-0.3, -0.25) is 4.79 Å². The molecule has 1 amide bonds.